The summed E-state index contributed by atoms with van der Waals surface area (Å²) >= 11 is 0. The Hall–Kier alpha value is -1.86. The topological polar surface area (TPSA) is 55.3 Å². The number of esters is 1. The lowest BCUT2D eigenvalue weighted by molar-refractivity contribution is -0.148. The van der Waals surface area contributed by atoms with Crippen LogP contribution in [0.15, 0.2) is 6.20 Å². The van der Waals surface area contributed by atoms with E-state index in [2.05, 4.69) is 9.97 Å². The molecule has 0 radical (unpaired) electrons. The van der Waals surface area contributed by atoms with Crippen molar-refractivity contribution in [2.75, 3.05) is 24.6 Å². The summed E-state index contributed by atoms with van der Waals surface area (Å²) < 4.78 is 43.3. The Kier molecular flexibility index (Phi) is 4.98. The largest absolute Gasteiger partial charge is 0.466 e. The number of carbonyl (C=O) groups excluding carboxylic acids is 1. The van der Waals surface area contributed by atoms with Crippen molar-refractivity contribution in [2.45, 2.75) is 26.2 Å². The van der Waals surface area contributed by atoms with Gasteiger partial charge in [0.1, 0.15) is 5.69 Å². The molecule has 8 heteroatoms. The van der Waals surface area contributed by atoms with Gasteiger partial charge in [0.15, 0.2) is 5.82 Å². The first kappa shape index (κ1) is 15.5. The molecule has 0 unspecified atom stereocenters. The first-order valence-corrected chi connectivity index (χ1v) is 6.75. The molecule has 0 atom stereocenters. The molecule has 5 nitrogen and oxygen atoms in total. The zero-order chi connectivity index (χ0) is 15.4. The number of halogens is 3. The van der Waals surface area contributed by atoms with Crippen LogP contribution in [0.2, 0.25) is 0 Å². The molecule has 116 valence electrons. The molecule has 0 amide bonds. The molecule has 0 bridgehead atoms. The minimum Gasteiger partial charge on any atom is -0.466 e. The lowest BCUT2D eigenvalue weighted by Crippen LogP contribution is -2.38. The van der Waals surface area contributed by atoms with E-state index in [0.717, 1.165) is 6.20 Å². The first-order valence-electron chi connectivity index (χ1n) is 6.75. The van der Waals surface area contributed by atoms with Gasteiger partial charge in [-0.25, -0.2) is 23.1 Å². The van der Waals surface area contributed by atoms with Crippen LogP contribution in [0.4, 0.5) is 19.1 Å². The van der Waals surface area contributed by atoms with Crippen LogP contribution < -0.4 is 4.90 Å². The van der Waals surface area contributed by atoms with Gasteiger partial charge in [-0.05, 0) is 19.8 Å². The van der Waals surface area contributed by atoms with Crippen LogP contribution in [-0.4, -0.2) is 35.6 Å². The lowest BCUT2D eigenvalue weighted by atomic mass is 9.97. The van der Waals surface area contributed by atoms with E-state index in [0.29, 0.717) is 32.5 Å². The lowest BCUT2D eigenvalue weighted by Gasteiger charge is -2.30. The Morgan fingerprint density at radius 1 is 1.48 bits per heavy atom. The smallest absolute Gasteiger partial charge is 0.309 e. The normalized spacial score (nSPS) is 16.3. The molecule has 0 aromatic carbocycles. The molecule has 0 aliphatic carbocycles. The van der Waals surface area contributed by atoms with Gasteiger partial charge in [0.25, 0.3) is 6.43 Å². The maximum absolute atomic E-state index is 13.2. The number of nitrogens with zero attached hydrogens (tertiary/aromatic N) is 3. The number of anilines is 1. The average molecular weight is 303 g/mol. The van der Waals surface area contributed by atoms with E-state index >= 15 is 0 Å². The highest BCUT2D eigenvalue weighted by atomic mass is 19.3. The van der Waals surface area contributed by atoms with Crippen molar-refractivity contribution in [1.82, 2.24) is 9.97 Å². The monoisotopic (exact) mass is 303 g/mol. The molecule has 1 aliphatic heterocycles. The summed E-state index contributed by atoms with van der Waals surface area (Å²) in [4.78, 5) is 20.6. The number of alkyl halides is 2. The minimum atomic E-state index is -2.98. The van der Waals surface area contributed by atoms with Crippen molar-refractivity contribution >= 4 is 11.9 Å². The highest BCUT2D eigenvalue weighted by Gasteiger charge is 2.28. The van der Waals surface area contributed by atoms with Gasteiger partial charge in [-0.1, -0.05) is 0 Å². The Labute approximate surface area is 120 Å². The molecule has 0 N–H and O–H groups in total. The van der Waals surface area contributed by atoms with Crippen LogP contribution in [0, 0.1) is 11.7 Å². The molecule has 2 heterocycles. The summed E-state index contributed by atoms with van der Waals surface area (Å²) in [6.07, 6.45) is -1.17. The van der Waals surface area contributed by atoms with E-state index < -0.39 is 17.9 Å². The Morgan fingerprint density at radius 2 is 2.14 bits per heavy atom. The number of aromatic nitrogens is 2. The van der Waals surface area contributed by atoms with E-state index in [1.807, 2.05) is 0 Å². The number of hydrogen-bond acceptors (Lipinski definition) is 5. The number of piperidine rings is 1. The third-order valence-corrected chi connectivity index (χ3v) is 3.36. The quantitative estimate of drug-likeness (QED) is 0.799. The molecule has 1 aliphatic rings. The molecular weight excluding hydrogens is 287 g/mol. The van der Waals surface area contributed by atoms with Crippen molar-refractivity contribution in [3.05, 3.63) is 17.7 Å². The van der Waals surface area contributed by atoms with Gasteiger partial charge in [0.05, 0.1) is 18.7 Å². The average Bonchev–Trinajstić information content (AvgIpc) is 2.48. The van der Waals surface area contributed by atoms with Gasteiger partial charge in [-0.15, -0.1) is 0 Å². The number of ether oxygens (including phenoxy) is 1. The summed E-state index contributed by atoms with van der Waals surface area (Å²) in [5.41, 5.74) is -0.896. The first-order chi connectivity index (χ1) is 10.0. The highest BCUT2D eigenvalue weighted by molar-refractivity contribution is 5.72. The zero-order valence-corrected chi connectivity index (χ0v) is 11.6. The minimum absolute atomic E-state index is 0.0639. The van der Waals surface area contributed by atoms with Crippen LogP contribution in [-0.2, 0) is 9.53 Å². The second-order valence-corrected chi connectivity index (χ2v) is 4.72. The number of rotatable bonds is 4. The van der Waals surface area contributed by atoms with E-state index in [4.69, 9.17) is 4.74 Å². The van der Waals surface area contributed by atoms with Gasteiger partial charge in [-0.3, -0.25) is 4.79 Å². The SMILES string of the molecule is CCOC(=O)C1CCN(c2ncc(F)c(C(F)F)n2)CC1. The second-order valence-electron chi connectivity index (χ2n) is 4.72. The van der Waals surface area contributed by atoms with Crippen LogP contribution >= 0.6 is 0 Å². The summed E-state index contributed by atoms with van der Waals surface area (Å²) in [7, 11) is 0. The third-order valence-electron chi connectivity index (χ3n) is 3.36. The summed E-state index contributed by atoms with van der Waals surface area (Å²) in [5.74, 6) is -1.49. The van der Waals surface area contributed by atoms with Crippen molar-refractivity contribution in [3.63, 3.8) is 0 Å². The zero-order valence-electron chi connectivity index (χ0n) is 11.6. The summed E-state index contributed by atoms with van der Waals surface area (Å²) in [6.45, 7) is 2.96. The Balaban J connectivity index is 2.02. The summed E-state index contributed by atoms with van der Waals surface area (Å²) in [6, 6.07) is 0. The molecule has 0 spiro atoms. The standard InChI is InChI=1S/C13H16F3N3O2/c1-2-21-12(20)8-3-5-19(6-4-8)13-17-7-9(14)10(18-13)11(15)16/h7-8,11H,2-6H2,1H3. The van der Waals surface area contributed by atoms with E-state index in [1.54, 1.807) is 11.8 Å². The molecular formula is C13H16F3N3O2. The molecule has 21 heavy (non-hydrogen) atoms. The molecule has 0 saturated carbocycles. The van der Waals surface area contributed by atoms with Gasteiger partial charge < -0.3 is 9.64 Å². The van der Waals surface area contributed by atoms with Crippen LogP contribution in [0.25, 0.3) is 0 Å². The maximum Gasteiger partial charge on any atom is 0.309 e. The fourth-order valence-corrected chi connectivity index (χ4v) is 2.25. The van der Waals surface area contributed by atoms with Crippen LogP contribution in [0.5, 0.6) is 0 Å². The predicted octanol–water partition coefficient (Wildman–Crippen LogP) is 2.33. The van der Waals surface area contributed by atoms with Crippen LogP contribution in [0.3, 0.4) is 0 Å². The molecule has 2 rings (SSSR count). The number of hydrogen-bond donors (Lipinski definition) is 0. The molecule has 1 fully saturated rings. The number of carbonyl (C=O) groups is 1. The predicted molar refractivity (Wildman–Crippen MR) is 68.5 cm³/mol. The van der Waals surface area contributed by atoms with E-state index in [-0.39, 0.29) is 17.8 Å². The third kappa shape index (κ3) is 3.62. The van der Waals surface area contributed by atoms with Crippen molar-refractivity contribution in [1.29, 1.82) is 0 Å². The fraction of sp³-hybridized carbons (Fsp3) is 0.615. The Morgan fingerprint density at radius 3 is 2.71 bits per heavy atom. The molecule has 1 aromatic rings. The van der Waals surface area contributed by atoms with E-state index in [9.17, 15) is 18.0 Å². The van der Waals surface area contributed by atoms with Crippen LogP contribution in [0.1, 0.15) is 31.9 Å². The maximum atomic E-state index is 13.2. The van der Waals surface area contributed by atoms with Gasteiger partial charge >= 0.3 is 5.97 Å². The van der Waals surface area contributed by atoms with Crippen molar-refractivity contribution < 1.29 is 22.7 Å². The fourth-order valence-electron chi connectivity index (χ4n) is 2.25. The molecule has 1 aromatic heterocycles. The van der Waals surface area contributed by atoms with Crippen molar-refractivity contribution in [3.8, 4) is 0 Å². The van der Waals surface area contributed by atoms with Crippen molar-refractivity contribution in [2.24, 2.45) is 5.92 Å². The highest BCUT2D eigenvalue weighted by Crippen LogP contribution is 2.25. The second kappa shape index (κ2) is 6.73. The van der Waals surface area contributed by atoms with E-state index in [1.165, 1.54) is 0 Å². The van der Waals surface area contributed by atoms with Gasteiger partial charge in [0.2, 0.25) is 5.95 Å². The molecule has 1 saturated heterocycles. The van der Waals surface area contributed by atoms with Gasteiger partial charge in [-0.2, -0.15) is 0 Å². The summed E-state index contributed by atoms with van der Waals surface area (Å²) in [5, 5.41) is 0. The Bertz CT molecular complexity index is 505. The van der Waals surface area contributed by atoms with Gasteiger partial charge in [0, 0.05) is 13.1 Å².